The number of hydrogen-bond donors (Lipinski definition) is 2. The zero-order valence-electron chi connectivity index (χ0n) is 8.89. The lowest BCUT2D eigenvalue weighted by atomic mass is 10.3. The molecule has 0 aliphatic rings. The zero-order chi connectivity index (χ0) is 12.1. The third-order valence-corrected chi connectivity index (χ3v) is 1.81. The lowest BCUT2D eigenvalue weighted by molar-refractivity contribution is -0.388. The number of anilines is 1. The van der Waals surface area contributed by atoms with E-state index in [0.29, 0.717) is 0 Å². The Bertz CT molecular complexity index is 389. The van der Waals surface area contributed by atoms with Gasteiger partial charge in [0.1, 0.15) is 12.2 Å². The van der Waals surface area contributed by atoms with Gasteiger partial charge in [-0.2, -0.15) is 0 Å². The van der Waals surface area contributed by atoms with Crippen molar-refractivity contribution in [1.29, 1.82) is 0 Å². The molecular weight excluding hydrogens is 216 g/mol. The number of aromatic amines is 1. The fourth-order valence-corrected chi connectivity index (χ4v) is 1.08. The van der Waals surface area contributed by atoms with Gasteiger partial charge < -0.3 is 20.2 Å². The van der Waals surface area contributed by atoms with Crippen LogP contribution in [0.25, 0.3) is 0 Å². The highest BCUT2D eigenvalue weighted by Crippen LogP contribution is 2.20. The van der Waals surface area contributed by atoms with Crippen LogP contribution in [0, 0.1) is 10.1 Å². The van der Waals surface area contributed by atoms with Crippen molar-refractivity contribution >= 4 is 17.5 Å². The van der Waals surface area contributed by atoms with E-state index < -0.39 is 16.9 Å². The van der Waals surface area contributed by atoms with Gasteiger partial charge in [0.2, 0.25) is 0 Å². The molecule has 0 fully saturated rings. The van der Waals surface area contributed by atoms with Gasteiger partial charge in [0, 0.05) is 0 Å². The van der Waals surface area contributed by atoms with Gasteiger partial charge in [-0.1, -0.05) is 5.10 Å². The number of hydrogen-bond acceptors (Lipinski definition) is 6. The second-order valence-electron chi connectivity index (χ2n) is 3.01. The van der Waals surface area contributed by atoms with Crippen molar-refractivity contribution in [2.45, 2.75) is 19.9 Å². The van der Waals surface area contributed by atoms with Crippen LogP contribution in [-0.2, 0) is 9.53 Å². The molecule has 0 saturated heterocycles. The number of nitrogens with zero attached hydrogens (tertiary/aromatic N) is 2. The molecule has 0 radical (unpaired) electrons. The Labute approximate surface area is 91.1 Å². The number of ether oxygens (including phenoxy) is 1. The van der Waals surface area contributed by atoms with Crippen molar-refractivity contribution in [3.8, 4) is 0 Å². The molecule has 0 aliphatic heterocycles. The van der Waals surface area contributed by atoms with Crippen LogP contribution in [0.2, 0.25) is 0 Å². The molecule has 0 bridgehead atoms. The number of esters is 1. The highest BCUT2D eigenvalue weighted by Gasteiger charge is 2.20. The zero-order valence-corrected chi connectivity index (χ0v) is 8.89. The van der Waals surface area contributed by atoms with Gasteiger partial charge >= 0.3 is 11.8 Å². The van der Waals surface area contributed by atoms with Crippen LogP contribution in [0.4, 0.5) is 11.5 Å². The topological polar surface area (TPSA) is 110 Å². The molecule has 0 aliphatic carbocycles. The van der Waals surface area contributed by atoms with Gasteiger partial charge in [0.05, 0.1) is 6.61 Å². The molecular formula is C8H12N4O4. The van der Waals surface area contributed by atoms with Crippen LogP contribution in [-0.4, -0.2) is 33.7 Å². The third-order valence-electron chi connectivity index (χ3n) is 1.81. The average Bonchev–Trinajstić information content (AvgIpc) is 2.66. The molecule has 8 heteroatoms. The Morgan fingerprint density at radius 3 is 3.06 bits per heavy atom. The smallest absolute Gasteiger partial charge is 0.366 e. The number of nitrogens with one attached hydrogen (secondary N) is 2. The summed E-state index contributed by atoms with van der Waals surface area (Å²) in [7, 11) is 0. The normalized spacial score (nSPS) is 11.9. The van der Waals surface area contributed by atoms with Crippen molar-refractivity contribution in [2.24, 2.45) is 0 Å². The maximum Gasteiger partial charge on any atom is 0.366 e. The minimum Gasteiger partial charge on any atom is -0.464 e. The Kier molecular flexibility index (Phi) is 3.81. The summed E-state index contributed by atoms with van der Waals surface area (Å²) >= 11 is 0. The SMILES string of the molecule is CCOC(=O)C(C)Nc1cn[nH]c1[N+](=O)[O-]. The van der Waals surface area contributed by atoms with Crippen molar-refractivity contribution < 1.29 is 14.5 Å². The van der Waals surface area contributed by atoms with Gasteiger partial charge in [-0.25, -0.2) is 4.79 Å². The standard InChI is InChI=1S/C8H12N4O4/c1-3-16-8(13)5(2)10-6-4-9-11-7(6)12(14)15/h4-5,10H,3H2,1-2H3,(H,9,11). The van der Waals surface area contributed by atoms with E-state index in [2.05, 4.69) is 15.5 Å². The van der Waals surface area contributed by atoms with E-state index in [-0.39, 0.29) is 18.1 Å². The van der Waals surface area contributed by atoms with Crippen LogP contribution in [0.3, 0.4) is 0 Å². The molecule has 88 valence electrons. The summed E-state index contributed by atoms with van der Waals surface area (Å²) in [5.74, 6) is -0.755. The predicted octanol–water partition coefficient (Wildman–Crippen LogP) is 0.681. The maximum absolute atomic E-state index is 11.3. The summed E-state index contributed by atoms with van der Waals surface area (Å²) in [5, 5.41) is 18.9. The first kappa shape index (κ1) is 12.0. The summed E-state index contributed by atoms with van der Waals surface area (Å²) in [5.41, 5.74) is 0.158. The summed E-state index contributed by atoms with van der Waals surface area (Å²) in [6, 6.07) is -0.670. The number of nitro groups is 1. The Balaban J connectivity index is 2.69. The summed E-state index contributed by atoms with van der Waals surface area (Å²) in [4.78, 5) is 21.2. The molecule has 0 saturated carbocycles. The average molecular weight is 228 g/mol. The molecule has 2 N–H and O–H groups in total. The summed E-state index contributed by atoms with van der Waals surface area (Å²) < 4.78 is 4.75. The Hall–Kier alpha value is -2.12. The highest BCUT2D eigenvalue weighted by atomic mass is 16.6. The van der Waals surface area contributed by atoms with Crippen LogP contribution >= 0.6 is 0 Å². The van der Waals surface area contributed by atoms with Gasteiger partial charge in [0.25, 0.3) is 0 Å². The van der Waals surface area contributed by atoms with E-state index in [1.165, 1.54) is 6.20 Å². The Morgan fingerprint density at radius 2 is 2.50 bits per heavy atom. The van der Waals surface area contributed by atoms with E-state index in [9.17, 15) is 14.9 Å². The molecule has 8 nitrogen and oxygen atoms in total. The molecule has 1 unspecified atom stereocenters. The van der Waals surface area contributed by atoms with Crippen LogP contribution in [0.1, 0.15) is 13.8 Å². The van der Waals surface area contributed by atoms with E-state index >= 15 is 0 Å². The molecule has 1 aromatic heterocycles. The van der Waals surface area contributed by atoms with E-state index in [0.717, 1.165) is 0 Å². The van der Waals surface area contributed by atoms with Crippen LogP contribution < -0.4 is 5.32 Å². The predicted molar refractivity (Wildman–Crippen MR) is 55.0 cm³/mol. The third kappa shape index (κ3) is 2.69. The molecule has 0 aromatic carbocycles. The summed E-state index contributed by atoms with van der Waals surface area (Å²) in [6.07, 6.45) is 1.24. The van der Waals surface area contributed by atoms with Crippen molar-refractivity contribution in [1.82, 2.24) is 10.2 Å². The number of H-pyrrole nitrogens is 1. The van der Waals surface area contributed by atoms with Crippen LogP contribution in [0.15, 0.2) is 6.20 Å². The molecule has 1 atom stereocenters. The molecule has 1 rings (SSSR count). The first-order valence-electron chi connectivity index (χ1n) is 4.67. The first-order chi connectivity index (χ1) is 7.56. The van der Waals surface area contributed by atoms with Crippen molar-refractivity contribution in [3.05, 3.63) is 16.3 Å². The lowest BCUT2D eigenvalue weighted by Gasteiger charge is -2.11. The summed E-state index contributed by atoms with van der Waals surface area (Å²) in [6.45, 7) is 3.50. The largest absolute Gasteiger partial charge is 0.464 e. The quantitative estimate of drug-likeness (QED) is 0.435. The van der Waals surface area contributed by atoms with E-state index in [1.807, 2.05) is 0 Å². The van der Waals surface area contributed by atoms with Gasteiger partial charge in [0.15, 0.2) is 5.69 Å². The molecule has 1 heterocycles. The maximum atomic E-state index is 11.3. The fraction of sp³-hybridized carbons (Fsp3) is 0.500. The number of carbonyl (C=O) groups excluding carboxylic acids is 1. The fourth-order valence-electron chi connectivity index (χ4n) is 1.08. The number of rotatable bonds is 5. The highest BCUT2D eigenvalue weighted by molar-refractivity contribution is 5.79. The monoisotopic (exact) mass is 228 g/mol. The van der Waals surface area contributed by atoms with E-state index in [1.54, 1.807) is 13.8 Å². The molecule has 0 amide bonds. The van der Waals surface area contributed by atoms with E-state index in [4.69, 9.17) is 4.74 Å². The minimum atomic E-state index is -0.670. The second-order valence-corrected chi connectivity index (χ2v) is 3.01. The minimum absolute atomic E-state index is 0.158. The van der Waals surface area contributed by atoms with Gasteiger partial charge in [-0.3, -0.25) is 0 Å². The second kappa shape index (κ2) is 5.10. The molecule has 16 heavy (non-hydrogen) atoms. The molecule has 0 spiro atoms. The van der Waals surface area contributed by atoms with Crippen LogP contribution in [0.5, 0.6) is 0 Å². The first-order valence-corrected chi connectivity index (χ1v) is 4.67. The number of carbonyl (C=O) groups is 1. The number of aromatic nitrogens is 2. The molecule has 1 aromatic rings. The van der Waals surface area contributed by atoms with Crippen molar-refractivity contribution in [2.75, 3.05) is 11.9 Å². The Morgan fingerprint density at radius 1 is 1.81 bits per heavy atom. The van der Waals surface area contributed by atoms with Crippen molar-refractivity contribution in [3.63, 3.8) is 0 Å². The van der Waals surface area contributed by atoms with Gasteiger partial charge in [-0.15, -0.1) is 5.10 Å². The lowest BCUT2D eigenvalue weighted by Crippen LogP contribution is -2.28. The van der Waals surface area contributed by atoms with Gasteiger partial charge in [-0.05, 0) is 18.8 Å².